The van der Waals surface area contributed by atoms with Crippen LogP contribution in [0.1, 0.15) is 34.1 Å². The molecule has 3 heteroatoms. The predicted molar refractivity (Wildman–Crippen MR) is 50.0 cm³/mol. The van der Waals surface area contributed by atoms with E-state index in [9.17, 15) is 4.79 Å². The lowest BCUT2D eigenvalue weighted by Gasteiger charge is -2.30. The summed E-state index contributed by atoms with van der Waals surface area (Å²) in [5.41, 5.74) is -1.21. The van der Waals surface area contributed by atoms with Gasteiger partial charge in [0.05, 0.1) is 6.07 Å². The first-order chi connectivity index (χ1) is 5.92. The zero-order valence-electron chi connectivity index (χ0n) is 8.66. The number of carboxylic acid groups (broad SMARTS) is 1. The predicted octanol–water partition coefficient (Wildman–Crippen LogP) is 2.28. The number of carbonyl (C=O) groups is 1. The van der Waals surface area contributed by atoms with Crippen molar-refractivity contribution in [2.75, 3.05) is 0 Å². The minimum atomic E-state index is -1.21. The molecular formula is C10H17NO2. The van der Waals surface area contributed by atoms with Gasteiger partial charge in [-0.25, -0.2) is 0 Å². The highest BCUT2D eigenvalue weighted by Crippen LogP contribution is 2.35. The summed E-state index contributed by atoms with van der Waals surface area (Å²) in [6.45, 7) is 7.45. The maximum absolute atomic E-state index is 11.0. The van der Waals surface area contributed by atoms with Crippen LogP contribution < -0.4 is 0 Å². The summed E-state index contributed by atoms with van der Waals surface area (Å²) in [7, 11) is 0. The Bertz CT molecular complexity index is 230. The number of hydrogen-bond acceptors (Lipinski definition) is 2. The van der Waals surface area contributed by atoms with Gasteiger partial charge in [0.15, 0.2) is 5.41 Å². The van der Waals surface area contributed by atoms with E-state index in [4.69, 9.17) is 10.4 Å². The zero-order valence-corrected chi connectivity index (χ0v) is 8.66. The third-order valence-corrected chi connectivity index (χ3v) is 2.92. The van der Waals surface area contributed by atoms with Crippen molar-refractivity contribution in [3.63, 3.8) is 0 Å². The van der Waals surface area contributed by atoms with Crippen molar-refractivity contribution in [3.8, 4) is 6.07 Å². The highest BCUT2D eigenvalue weighted by atomic mass is 16.4. The monoisotopic (exact) mass is 183 g/mol. The molecule has 13 heavy (non-hydrogen) atoms. The number of hydrogen-bond donors (Lipinski definition) is 1. The molecule has 0 aliphatic heterocycles. The molecule has 0 spiro atoms. The van der Waals surface area contributed by atoms with E-state index in [1.807, 2.05) is 26.8 Å². The van der Waals surface area contributed by atoms with Crippen molar-refractivity contribution in [2.24, 2.45) is 17.3 Å². The van der Waals surface area contributed by atoms with Crippen LogP contribution in [-0.4, -0.2) is 11.1 Å². The molecule has 0 saturated carbocycles. The molecule has 0 aliphatic carbocycles. The molecule has 0 bridgehead atoms. The van der Waals surface area contributed by atoms with Gasteiger partial charge in [-0.2, -0.15) is 5.26 Å². The zero-order chi connectivity index (χ0) is 10.6. The smallest absolute Gasteiger partial charge is 0.324 e. The summed E-state index contributed by atoms with van der Waals surface area (Å²) in [6, 6.07) is 1.95. The van der Waals surface area contributed by atoms with Crippen LogP contribution >= 0.6 is 0 Å². The Kier molecular flexibility index (Phi) is 3.93. The Morgan fingerprint density at radius 1 is 1.54 bits per heavy atom. The van der Waals surface area contributed by atoms with Gasteiger partial charge in [-0.05, 0) is 18.3 Å². The molecule has 0 heterocycles. The van der Waals surface area contributed by atoms with Gasteiger partial charge in [0.25, 0.3) is 0 Å². The second-order valence-electron chi connectivity index (χ2n) is 3.77. The normalized spacial score (nSPS) is 17.5. The number of nitrogens with zero attached hydrogens (tertiary/aromatic N) is 1. The number of aliphatic carboxylic acids is 1. The molecule has 0 fully saturated rings. The Hall–Kier alpha value is -1.04. The van der Waals surface area contributed by atoms with Crippen LogP contribution in [0, 0.1) is 28.6 Å². The Labute approximate surface area is 79.4 Å². The van der Waals surface area contributed by atoms with Gasteiger partial charge in [0.1, 0.15) is 0 Å². The first-order valence-electron chi connectivity index (χ1n) is 4.57. The van der Waals surface area contributed by atoms with Crippen LogP contribution in [0.15, 0.2) is 0 Å². The lowest BCUT2D eigenvalue weighted by molar-refractivity contribution is -0.149. The lowest BCUT2D eigenvalue weighted by atomic mass is 9.70. The fraction of sp³-hybridized carbons (Fsp3) is 0.800. The summed E-state index contributed by atoms with van der Waals surface area (Å²) >= 11 is 0. The van der Waals surface area contributed by atoms with E-state index in [-0.39, 0.29) is 11.8 Å². The van der Waals surface area contributed by atoms with Crippen LogP contribution in [-0.2, 0) is 4.79 Å². The van der Waals surface area contributed by atoms with E-state index in [2.05, 4.69) is 0 Å². The first-order valence-corrected chi connectivity index (χ1v) is 4.57. The average Bonchev–Trinajstić information content (AvgIpc) is 2.06. The molecule has 0 aliphatic rings. The maximum atomic E-state index is 11.0. The van der Waals surface area contributed by atoms with E-state index in [1.165, 1.54) is 0 Å². The summed E-state index contributed by atoms with van der Waals surface area (Å²) in [4.78, 5) is 11.0. The fourth-order valence-electron chi connectivity index (χ4n) is 1.47. The van der Waals surface area contributed by atoms with E-state index in [0.29, 0.717) is 6.42 Å². The summed E-state index contributed by atoms with van der Waals surface area (Å²) in [6.07, 6.45) is 0.359. The molecule has 2 unspecified atom stereocenters. The molecule has 1 N–H and O–H groups in total. The van der Waals surface area contributed by atoms with Crippen molar-refractivity contribution in [1.82, 2.24) is 0 Å². The van der Waals surface area contributed by atoms with Crippen molar-refractivity contribution >= 4 is 5.97 Å². The van der Waals surface area contributed by atoms with Crippen LogP contribution in [0.4, 0.5) is 0 Å². The topological polar surface area (TPSA) is 61.1 Å². The van der Waals surface area contributed by atoms with Gasteiger partial charge in [-0.1, -0.05) is 27.7 Å². The molecule has 3 nitrogen and oxygen atoms in total. The van der Waals surface area contributed by atoms with Gasteiger partial charge < -0.3 is 5.11 Å². The molecule has 0 aromatic rings. The molecule has 74 valence electrons. The quantitative estimate of drug-likeness (QED) is 0.727. The van der Waals surface area contributed by atoms with Gasteiger partial charge in [0.2, 0.25) is 0 Å². The van der Waals surface area contributed by atoms with Gasteiger partial charge in [-0.15, -0.1) is 0 Å². The van der Waals surface area contributed by atoms with Crippen molar-refractivity contribution < 1.29 is 9.90 Å². The molecule has 0 aromatic heterocycles. The minimum absolute atomic E-state index is 0.125. The highest BCUT2D eigenvalue weighted by molar-refractivity contribution is 5.78. The Morgan fingerprint density at radius 2 is 2.00 bits per heavy atom. The summed E-state index contributed by atoms with van der Waals surface area (Å²) in [5.74, 6) is -0.922. The third kappa shape index (κ3) is 2.00. The van der Waals surface area contributed by atoms with E-state index >= 15 is 0 Å². The van der Waals surface area contributed by atoms with Crippen LogP contribution in [0.5, 0.6) is 0 Å². The van der Waals surface area contributed by atoms with Crippen LogP contribution in [0.25, 0.3) is 0 Å². The van der Waals surface area contributed by atoms with Crippen LogP contribution in [0.3, 0.4) is 0 Å². The van der Waals surface area contributed by atoms with Crippen LogP contribution in [0.2, 0.25) is 0 Å². The summed E-state index contributed by atoms with van der Waals surface area (Å²) in [5, 5.41) is 18.0. The van der Waals surface area contributed by atoms with E-state index in [0.717, 1.165) is 0 Å². The standard InChI is InChI=1S/C10H17NO2/c1-5-10(6-11,9(12)13)8(4)7(2)3/h7-8H,5H2,1-4H3,(H,12,13). The first kappa shape index (κ1) is 12.0. The Morgan fingerprint density at radius 3 is 2.08 bits per heavy atom. The molecular weight excluding hydrogens is 166 g/mol. The SMILES string of the molecule is CCC(C#N)(C(=O)O)C(C)C(C)C. The second kappa shape index (κ2) is 4.27. The molecule has 0 saturated heterocycles. The maximum Gasteiger partial charge on any atom is 0.324 e. The lowest BCUT2D eigenvalue weighted by Crippen LogP contribution is -2.38. The van der Waals surface area contributed by atoms with Gasteiger partial charge in [0, 0.05) is 0 Å². The fourth-order valence-corrected chi connectivity index (χ4v) is 1.47. The average molecular weight is 183 g/mol. The van der Waals surface area contributed by atoms with E-state index in [1.54, 1.807) is 6.92 Å². The second-order valence-corrected chi connectivity index (χ2v) is 3.77. The minimum Gasteiger partial charge on any atom is -0.480 e. The van der Waals surface area contributed by atoms with Crippen molar-refractivity contribution in [2.45, 2.75) is 34.1 Å². The summed E-state index contributed by atoms with van der Waals surface area (Å²) < 4.78 is 0. The van der Waals surface area contributed by atoms with Gasteiger partial charge in [-0.3, -0.25) is 4.79 Å². The number of carboxylic acids is 1. The van der Waals surface area contributed by atoms with Gasteiger partial charge >= 0.3 is 5.97 Å². The Balaban J connectivity index is 5.01. The number of nitriles is 1. The third-order valence-electron chi connectivity index (χ3n) is 2.92. The molecule has 0 rings (SSSR count). The molecule has 0 amide bonds. The van der Waals surface area contributed by atoms with Crippen molar-refractivity contribution in [3.05, 3.63) is 0 Å². The number of rotatable bonds is 4. The molecule has 2 atom stereocenters. The molecule has 0 radical (unpaired) electrons. The largest absolute Gasteiger partial charge is 0.480 e. The molecule has 0 aromatic carbocycles. The van der Waals surface area contributed by atoms with E-state index < -0.39 is 11.4 Å². The van der Waals surface area contributed by atoms with Crippen molar-refractivity contribution in [1.29, 1.82) is 5.26 Å². The highest BCUT2D eigenvalue weighted by Gasteiger charge is 2.43.